The van der Waals surface area contributed by atoms with Crippen molar-refractivity contribution in [1.82, 2.24) is 0 Å². The number of anilines is 1. The van der Waals surface area contributed by atoms with E-state index in [-0.39, 0.29) is 17.2 Å². The Morgan fingerprint density at radius 3 is 2.46 bits per heavy atom. The Morgan fingerprint density at radius 1 is 0.886 bits per heavy atom. The van der Waals surface area contributed by atoms with Crippen LogP contribution in [0.2, 0.25) is 5.02 Å². The number of benzene rings is 4. The highest BCUT2D eigenvalue weighted by atomic mass is 35.5. The summed E-state index contributed by atoms with van der Waals surface area (Å²) in [5.41, 5.74) is 5.49. The lowest BCUT2D eigenvalue weighted by Gasteiger charge is -2.40. The molecule has 1 aliphatic heterocycles. The number of carbonyl (C=O) groups excluding carboxylic acids is 1. The number of carbonyl (C=O) groups is 1. The summed E-state index contributed by atoms with van der Waals surface area (Å²) in [6.45, 7) is 4.42. The molecule has 174 valence electrons. The minimum absolute atomic E-state index is 0.0659. The summed E-state index contributed by atoms with van der Waals surface area (Å²) in [6.07, 6.45) is 1.45. The minimum Gasteiger partial charge on any atom is -0.373 e. The van der Waals surface area contributed by atoms with E-state index in [4.69, 9.17) is 11.6 Å². The highest BCUT2D eigenvalue weighted by Gasteiger charge is 2.41. The normalized spacial score (nSPS) is 18.7. The van der Waals surface area contributed by atoms with Crippen molar-refractivity contribution in [1.29, 1.82) is 0 Å². The number of allylic oxidation sites excluding steroid dienone is 1. The Kier molecular flexibility index (Phi) is 5.51. The Balaban J connectivity index is 1.54. The molecule has 35 heavy (non-hydrogen) atoms. The molecule has 4 aromatic carbocycles. The fourth-order valence-electron chi connectivity index (χ4n) is 5.51. The maximum absolute atomic E-state index is 13.8. The smallest absolute Gasteiger partial charge is 0.162 e. The Labute approximate surface area is 215 Å². The highest BCUT2D eigenvalue weighted by molar-refractivity contribution is 7.99. The van der Waals surface area contributed by atoms with E-state index in [1.807, 2.05) is 24.3 Å². The Morgan fingerprint density at radius 2 is 1.63 bits per heavy atom. The SMILES string of the molecule is CC1(C)CC(=O)C2=C(C1)c1c(ccc3ccccc13)N[C@@H]2c1ccccc1Sc1ccc(Cl)cc1. The van der Waals surface area contributed by atoms with E-state index in [9.17, 15) is 4.79 Å². The van der Waals surface area contributed by atoms with E-state index in [1.54, 1.807) is 11.8 Å². The lowest BCUT2D eigenvalue weighted by atomic mass is 9.68. The molecule has 0 fully saturated rings. The van der Waals surface area contributed by atoms with Crippen LogP contribution in [0.5, 0.6) is 0 Å². The lowest BCUT2D eigenvalue weighted by Crippen LogP contribution is -2.33. The highest BCUT2D eigenvalue weighted by Crippen LogP contribution is 2.53. The lowest BCUT2D eigenvalue weighted by molar-refractivity contribution is -0.118. The van der Waals surface area contributed by atoms with Crippen molar-refractivity contribution in [2.24, 2.45) is 5.41 Å². The van der Waals surface area contributed by atoms with Gasteiger partial charge in [0.25, 0.3) is 0 Å². The van der Waals surface area contributed by atoms with Gasteiger partial charge in [-0.05, 0) is 70.1 Å². The summed E-state index contributed by atoms with van der Waals surface area (Å²) in [5, 5.41) is 6.92. The maximum atomic E-state index is 13.8. The predicted molar refractivity (Wildman–Crippen MR) is 147 cm³/mol. The van der Waals surface area contributed by atoms with Crippen LogP contribution in [0.25, 0.3) is 16.3 Å². The molecule has 1 N–H and O–H groups in total. The van der Waals surface area contributed by atoms with E-state index >= 15 is 0 Å². The standard InChI is InChI=1S/C31H26ClNOS/c1-31(2)17-24-28-22-8-4-3-7-19(22)11-16-25(28)33-30(29(24)26(34)18-31)23-9-5-6-10-27(23)35-21-14-12-20(32)13-15-21/h3-16,30,33H,17-18H2,1-2H3/t30-/m1/s1. The molecule has 0 aromatic heterocycles. The molecular formula is C31H26ClNOS. The van der Waals surface area contributed by atoms with E-state index in [0.717, 1.165) is 38.1 Å². The van der Waals surface area contributed by atoms with Crippen molar-refractivity contribution in [2.75, 3.05) is 5.32 Å². The number of hydrogen-bond acceptors (Lipinski definition) is 3. The average Bonchev–Trinajstić information content (AvgIpc) is 2.84. The van der Waals surface area contributed by atoms with Gasteiger partial charge < -0.3 is 5.32 Å². The van der Waals surface area contributed by atoms with Crippen LogP contribution >= 0.6 is 23.4 Å². The number of fused-ring (bicyclic) bond motifs is 4. The third-order valence-electron chi connectivity index (χ3n) is 7.01. The first-order valence-electron chi connectivity index (χ1n) is 12.0. The van der Waals surface area contributed by atoms with Gasteiger partial charge in [-0.25, -0.2) is 0 Å². The largest absolute Gasteiger partial charge is 0.373 e. The zero-order chi connectivity index (χ0) is 24.2. The second kappa shape index (κ2) is 8.58. The van der Waals surface area contributed by atoms with Crippen LogP contribution in [0.1, 0.15) is 43.9 Å². The van der Waals surface area contributed by atoms with Crippen molar-refractivity contribution in [2.45, 2.75) is 42.5 Å². The van der Waals surface area contributed by atoms with Crippen LogP contribution in [-0.2, 0) is 4.79 Å². The van der Waals surface area contributed by atoms with Gasteiger partial charge in [0.05, 0.1) is 6.04 Å². The molecule has 0 radical (unpaired) electrons. The van der Waals surface area contributed by atoms with Gasteiger partial charge >= 0.3 is 0 Å². The zero-order valence-corrected chi connectivity index (χ0v) is 21.3. The van der Waals surface area contributed by atoms with Crippen LogP contribution in [0.3, 0.4) is 0 Å². The fraction of sp³-hybridized carbons (Fsp3) is 0.194. The number of halogens is 1. The van der Waals surface area contributed by atoms with Gasteiger partial charge in [0, 0.05) is 38.1 Å². The molecule has 1 aliphatic carbocycles. The summed E-state index contributed by atoms with van der Waals surface area (Å²) in [6, 6.07) is 29.0. The number of Topliss-reactive ketones (excluding diaryl/α,β-unsaturated/α-hetero) is 1. The number of ketones is 1. The maximum Gasteiger partial charge on any atom is 0.162 e. The quantitative estimate of drug-likeness (QED) is 0.307. The molecule has 2 aliphatic rings. The van der Waals surface area contributed by atoms with Crippen molar-refractivity contribution in [3.8, 4) is 0 Å². The molecule has 4 heteroatoms. The van der Waals surface area contributed by atoms with E-state index < -0.39 is 0 Å². The first-order chi connectivity index (χ1) is 16.9. The van der Waals surface area contributed by atoms with Gasteiger partial charge in [-0.3, -0.25) is 4.79 Å². The van der Waals surface area contributed by atoms with Gasteiger partial charge in [0.2, 0.25) is 0 Å². The van der Waals surface area contributed by atoms with E-state index in [2.05, 4.69) is 79.8 Å². The van der Waals surface area contributed by atoms with E-state index in [0.29, 0.717) is 6.42 Å². The van der Waals surface area contributed by atoms with Crippen LogP contribution in [0.4, 0.5) is 5.69 Å². The van der Waals surface area contributed by atoms with Crippen LogP contribution < -0.4 is 5.32 Å². The molecule has 0 amide bonds. The monoisotopic (exact) mass is 495 g/mol. The van der Waals surface area contributed by atoms with Gasteiger partial charge in [-0.1, -0.05) is 85.7 Å². The molecule has 0 saturated carbocycles. The summed E-state index contributed by atoms with van der Waals surface area (Å²) in [4.78, 5) is 16.0. The number of nitrogens with one attached hydrogen (secondary N) is 1. The molecule has 0 unspecified atom stereocenters. The zero-order valence-electron chi connectivity index (χ0n) is 19.8. The van der Waals surface area contributed by atoms with Crippen molar-refractivity contribution < 1.29 is 4.79 Å². The van der Waals surface area contributed by atoms with E-state index in [1.165, 1.54) is 21.9 Å². The van der Waals surface area contributed by atoms with Gasteiger partial charge in [-0.2, -0.15) is 0 Å². The summed E-state index contributed by atoms with van der Waals surface area (Å²) < 4.78 is 0. The van der Waals surface area contributed by atoms with Crippen LogP contribution in [-0.4, -0.2) is 5.78 Å². The van der Waals surface area contributed by atoms with Crippen molar-refractivity contribution in [3.05, 3.63) is 107 Å². The first kappa shape index (κ1) is 22.5. The molecule has 6 rings (SSSR count). The predicted octanol–water partition coefficient (Wildman–Crippen LogP) is 8.95. The third-order valence-corrected chi connectivity index (χ3v) is 8.36. The molecule has 4 aromatic rings. The fourth-order valence-corrected chi connectivity index (χ4v) is 6.61. The summed E-state index contributed by atoms with van der Waals surface area (Å²) >= 11 is 7.82. The van der Waals surface area contributed by atoms with Gasteiger partial charge in [-0.15, -0.1) is 0 Å². The molecule has 0 spiro atoms. The first-order valence-corrected chi connectivity index (χ1v) is 13.2. The van der Waals surface area contributed by atoms with Crippen molar-refractivity contribution >= 4 is 51.2 Å². The summed E-state index contributed by atoms with van der Waals surface area (Å²) in [7, 11) is 0. The van der Waals surface area contributed by atoms with Crippen molar-refractivity contribution in [3.63, 3.8) is 0 Å². The Bertz CT molecular complexity index is 1500. The van der Waals surface area contributed by atoms with Crippen LogP contribution in [0, 0.1) is 5.41 Å². The molecule has 0 saturated heterocycles. The molecule has 0 bridgehead atoms. The van der Waals surface area contributed by atoms with Crippen LogP contribution in [0.15, 0.2) is 100 Å². The minimum atomic E-state index is -0.182. The average molecular weight is 496 g/mol. The number of rotatable bonds is 3. The molecule has 1 heterocycles. The summed E-state index contributed by atoms with van der Waals surface area (Å²) in [5.74, 6) is 0.249. The second-order valence-electron chi connectivity index (χ2n) is 10.2. The Hall–Kier alpha value is -3.01. The topological polar surface area (TPSA) is 29.1 Å². The van der Waals surface area contributed by atoms with Gasteiger partial charge in [0.15, 0.2) is 5.78 Å². The number of hydrogen-bond donors (Lipinski definition) is 1. The second-order valence-corrected chi connectivity index (χ2v) is 11.8. The van der Waals surface area contributed by atoms with Gasteiger partial charge in [0.1, 0.15) is 0 Å². The molecule has 2 nitrogen and oxygen atoms in total. The molecule has 1 atom stereocenters. The third kappa shape index (κ3) is 4.07. The molecular weight excluding hydrogens is 470 g/mol.